The number of nitrogens with zero attached hydrogens (tertiary/aromatic N) is 3. The summed E-state index contributed by atoms with van der Waals surface area (Å²) >= 11 is 0. The summed E-state index contributed by atoms with van der Waals surface area (Å²) in [6.45, 7) is 2.12. The van der Waals surface area contributed by atoms with E-state index >= 15 is 0 Å². The molecule has 41 heavy (non-hydrogen) atoms. The molecule has 0 saturated heterocycles. The molecule has 6 rings (SSSR count). The lowest BCUT2D eigenvalue weighted by atomic mass is 9.87. The summed E-state index contributed by atoms with van der Waals surface area (Å²) in [5.74, 6) is -0.163. The highest BCUT2D eigenvalue weighted by atomic mass is 32.2. The standard InChI is InChI=1S/C32H33FN4O3S/c1-21-7-5-9-24(17-21)41(39,40)35-30-12-6-8-22-13-14-23(18-26(22)30)37(20-31-34-15-16-36(31)2)32(38)28-19-27(28)25-10-3-4-11-29(25)33/h3-5,7,9-11,13-18,27-28,30,35H,6,8,12,19-20H2,1-2H3. The molecular formula is C32H33FN4O3S. The Morgan fingerprint density at radius 3 is 2.68 bits per heavy atom. The molecule has 1 fully saturated rings. The van der Waals surface area contributed by atoms with Crippen LogP contribution in [0.3, 0.4) is 0 Å². The zero-order valence-corrected chi connectivity index (χ0v) is 23.9. The van der Waals surface area contributed by atoms with Crippen molar-refractivity contribution in [1.82, 2.24) is 14.3 Å². The fourth-order valence-corrected chi connectivity index (χ4v) is 7.24. The average Bonchev–Trinajstić information content (AvgIpc) is 3.65. The largest absolute Gasteiger partial charge is 0.337 e. The number of aryl methyl sites for hydroxylation is 3. The maximum Gasteiger partial charge on any atom is 0.241 e. The van der Waals surface area contributed by atoms with Crippen LogP contribution in [0.15, 0.2) is 84.0 Å². The number of halogens is 1. The van der Waals surface area contributed by atoms with Crippen molar-refractivity contribution in [3.63, 3.8) is 0 Å². The molecule has 0 radical (unpaired) electrons. The van der Waals surface area contributed by atoms with Crippen LogP contribution in [0.2, 0.25) is 0 Å². The lowest BCUT2D eigenvalue weighted by Gasteiger charge is -2.29. The summed E-state index contributed by atoms with van der Waals surface area (Å²) in [5, 5.41) is 0. The summed E-state index contributed by atoms with van der Waals surface area (Å²) in [5.41, 5.74) is 4.06. The third-order valence-corrected chi connectivity index (χ3v) is 9.72. The molecule has 1 amide bonds. The first-order chi connectivity index (χ1) is 19.7. The number of imidazole rings is 1. The van der Waals surface area contributed by atoms with Gasteiger partial charge >= 0.3 is 0 Å². The summed E-state index contributed by atoms with van der Waals surface area (Å²) in [6, 6.07) is 19.0. The van der Waals surface area contributed by atoms with Gasteiger partial charge in [0, 0.05) is 37.1 Å². The fraction of sp³-hybridized carbons (Fsp3) is 0.312. The van der Waals surface area contributed by atoms with Gasteiger partial charge in [-0.25, -0.2) is 22.5 Å². The number of amides is 1. The van der Waals surface area contributed by atoms with Gasteiger partial charge in [-0.2, -0.15) is 0 Å². The van der Waals surface area contributed by atoms with Crippen LogP contribution in [-0.4, -0.2) is 23.9 Å². The van der Waals surface area contributed by atoms with Crippen molar-refractivity contribution in [3.8, 4) is 0 Å². The smallest absolute Gasteiger partial charge is 0.241 e. The molecule has 0 bridgehead atoms. The van der Waals surface area contributed by atoms with Gasteiger partial charge < -0.3 is 9.47 Å². The van der Waals surface area contributed by atoms with Crippen molar-refractivity contribution < 1.29 is 17.6 Å². The summed E-state index contributed by atoms with van der Waals surface area (Å²) < 4.78 is 46.0. The quantitative estimate of drug-likeness (QED) is 0.300. The predicted molar refractivity (Wildman–Crippen MR) is 155 cm³/mol. The van der Waals surface area contributed by atoms with Gasteiger partial charge in [0.2, 0.25) is 15.9 Å². The SMILES string of the molecule is Cc1cccc(S(=O)(=O)NC2CCCc3ccc(N(Cc4nccn4C)C(=O)C4CC4c4ccccc4F)cc32)c1. The van der Waals surface area contributed by atoms with Crippen molar-refractivity contribution >= 4 is 21.6 Å². The highest BCUT2D eigenvalue weighted by Crippen LogP contribution is 2.50. The number of sulfonamides is 1. The Morgan fingerprint density at radius 2 is 1.93 bits per heavy atom. The van der Waals surface area contributed by atoms with E-state index in [1.807, 2.05) is 49.0 Å². The summed E-state index contributed by atoms with van der Waals surface area (Å²) in [4.78, 5) is 20.4. The van der Waals surface area contributed by atoms with E-state index in [0.717, 1.165) is 35.4 Å². The zero-order valence-electron chi connectivity index (χ0n) is 23.1. The molecular weight excluding hydrogens is 539 g/mol. The molecule has 2 aliphatic carbocycles. The van der Waals surface area contributed by atoms with Gasteiger partial charge in [-0.3, -0.25) is 4.79 Å². The second-order valence-corrected chi connectivity index (χ2v) is 12.8. The molecule has 3 unspecified atom stereocenters. The highest BCUT2D eigenvalue weighted by molar-refractivity contribution is 7.89. The number of benzene rings is 3. The molecule has 1 aromatic heterocycles. The molecule has 3 aromatic carbocycles. The summed E-state index contributed by atoms with van der Waals surface area (Å²) in [7, 11) is -1.86. The van der Waals surface area contributed by atoms with Crippen LogP contribution in [0.25, 0.3) is 0 Å². The molecule has 0 aliphatic heterocycles. The Kier molecular flexibility index (Phi) is 7.25. The van der Waals surface area contributed by atoms with Crippen LogP contribution in [0, 0.1) is 18.7 Å². The van der Waals surface area contributed by atoms with E-state index in [-0.39, 0.29) is 35.0 Å². The average molecular weight is 573 g/mol. The molecule has 1 N–H and O–H groups in total. The monoisotopic (exact) mass is 572 g/mol. The van der Waals surface area contributed by atoms with Gasteiger partial charge in [0.1, 0.15) is 11.6 Å². The number of nitrogens with one attached hydrogen (secondary N) is 1. The third-order valence-electron chi connectivity index (χ3n) is 8.25. The maximum atomic E-state index is 14.5. The molecule has 1 saturated carbocycles. The number of aromatic nitrogens is 2. The summed E-state index contributed by atoms with van der Waals surface area (Å²) in [6.07, 6.45) is 6.47. The second kappa shape index (κ2) is 10.9. The van der Waals surface area contributed by atoms with Gasteiger partial charge in [0.25, 0.3) is 0 Å². The van der Waals surface area contributed by atoms with E-state index in [1.165, 1.54) is 6.07 Å². The van der Waals surface area contributed by atoms with Crippen molar-refractivity contribution in [2.45, 2.75) is 56.0 Å². The van der Waals surface area contributed by atoms with Gasteiger partial charge in [0.15, 0.2) is 0 Å². The molecule has 9 heteroatoms. The van der Waals surface area contributed by atoms with E-state index < -0.39 is 16.1 Å². The Hall–Kier alpha value is -3.82. The fourth-order valence-electron chi connectivity index (χ4n) is 5.89. The van der Waals surface area contributed by atoms with Crippen LogP contribution < -0.4 is 9.62 Å². The second-order valence-electron chi connectivity index (χ2n) is 11.1. The van der Waals surface area contributed by atoms with Crippen molar-refractivity contribution in [1.29, 1.82) is 0 Å². The van der Waals surface area contributed by atoms with E-state index in [0.29, 0.717) is 24.1 Å². The lowest BCUT2D eigenvalue weighted by Crippen LogP contribution is -2.34. The van der Waals surface area contributed by atoms with E-state index in [1.54, 1.807) is 47.5 Å². The Morgan fingerprint density at radius 1 is 1.10 bits per heavy atom. The van der Waals surface area contributed by atoms with Gasteiger partial charge in [-0.05, 0) is 91.1 Å². The number of anilines is 1. The minimum atomic E-state index is -3.75. The number of carbonyl (C=O) groups excluding carboxylic acids is 1. The molecule has 1 heterocycles. The van der Waals surface area contributed by atoms with Crippen LogP contribution in [0.5, 0.6) is 0 Å². The molecule has 2 aliphatic rings. The van der Waals surface area contributed by atoms with Crippen LogP contribution >= 0.6 is 0 Å². The molecule has 4 aromatic rings. The number of hydrogen-bond donors (Lipinski definition) is 1. The maximum absolute atomic E-state index is 14.5. The van der Waals surface area contributed by atoms with E-state index in [2.05, 4.69) is 9.71 Å². The van der Waals surface area contributed by atoms with E-state index in [9.17, 15) is 17.6 Å². The Labute approximate surface area is 240 Å². The highest BCUT2D eigenvalue weighted by Gasteiger charge is 2.47. The van der Waals surface area contributed by atoms with Crippen LogP contribution in [0.4, 0.5) is 10.1 Å². The number of fused-ring (bicyclic) bond motifs is 1. The first kappa shape index (κ1) is 27.4. The number of rotatable bonds is 8. The zero-order chi connectivity index (χ0) is 28.7. The van der Waals surface area contributed by atoms with Gasteiger partial charge in [-0.1, -0.05) is 36.4 Å². The van der Waals surface area contributed by atoms with E-state index in [4.69, 9.17) is 0 Å². The van der Waals surface area contributed by atoms with Crippen molar-refractivity contribution in [3.05, 3.63) is 113 Å². The molecule has 3 atom stereocenters. The van der Waals surface area contributed by atoms with Gasteiger partial charge in [-0.15, -0.1) is 0 Å². The number of hydrogen-bond acceptors (Lipinski definition) is 4. The van der Waals surface area contributed by atoms with Crippen LogP contribution in [-0.2, 0) is 34.8 Å². The Balaban J connectivity index is 1.32. The molecule has 0 spiro atoms. The first-order valence-corrected chi connectivity index (χ1v) is 15.4. The Bertz CT molecular complexity index is 1720. The van der Waals surface area contributed by atoms with Crippen molar-refractivity contribution in [2.24, 2.45) is 13.0 Å². The normalized spacial score (nSPS) is 19.9. The van der Waals surface area contributed by atoms with Crippen molar-refractivity contribution in [2.75, 3.05) is 4.90 Å². The van der Waals surface area contributed by atoms with Gasteiger partial charge in [0.05, 0.1) is 11.4 Å². The molecule has 7 nitrogen and oxygen atoms in total. The van der Waals surface area contributed by atoms with Crippen LogP contribution in [0.1, 0.15) is 59.3 Å². The topological polar surface area (TPSA) is 84.3 Å². The lowest BCUT2D eigenvalue weighted by molar-refractivity contribution is -0.120. The first-order valence-electron chi connectivity index (χ1n) is 13.9. The predicted octanol–water partition coefficient (Wildman–Crippen LogP) is 5.56. The number of carbonyl (C=O) groups is 1. The minimum Gasteiger partial charge on any atom is -0.337 e. The minimum absolute atomic E-state index is 0.0890. The third kappa shape index (κ3) is 5.56. The molecule has 212 valence electrons.